The molecule has 0 aliphatic heterocycles. The highest BCUT2D eigenvalue weighted by molar-refractivity contribution is 5.96. The summed E-state index contributed by atoms with van der Waals surface area (Å²) in [5.41, 5.74) is 22.6. The van der Waals surface area contributed by atoms with E-state index in [-0.39, 0.29) is 31.3 Å². The second-order valence-electron chi connectivity index (χ2n) is 9.24. The summed E-state index contributed by atoms with van der Waals surface area (Å²) >= 11 is 0. The summed E-state index contributed by atoms with van der Waals surface area (Å²) in [4.78, 5) is 66.2. The van der Waals surface area contributed by atoms with Gasteiger partial charge in [0.25, 0.3) is 0 Å². The van der Waals surface area contributed by atoms with E-state index in [1.165, 1.54) is 0 Å². The number of nitrogens with two attached hydrogens (primary N) is 4. The Labute approximate surface area is 227 Å². The Bertz CT molecular complexity index is 1020. The quantitative estimate of drug-likeness (QED) is 0.0611. The number of amides is 4. The minimum absolute atomic E-state index is 0.0316. The summed E-state index contributed by atoms with van der Waals surface area (Å²) in [6.07, 6.45) is 0.370. The van der Waals surface area contributed by atoms with Gasteiger partial charge in [0, 0.05) is 13.0 Å². The van der Waals surface area contributed by atoms with Gasteiger partial charge in [-0.05, 0) is 24.3 Å². The van der Waals surface area contributed by atoms with Crippen LogP contribution in [0.4, 0.5) is 0 Å². The SMILES string of the molecule is CCC(C)C(N)C(=O)NC(CCCN=C(N)N)C(=O)NC(CC(N)=O)C(=O)NC(Cc1ccccc1)C(=O)O. The normalized spacial score (nSPS) is 14.5. The molecule has 0 saturated heterocycles. The number of nitrogens with zero attached hydrogens (tertiary/aromatic N) is 1. The van der Waals surface area contributed by atoms with Crippen LogP contribution in [0, 0.1) is 5.92 Å². The Morgan fingerprint density at radius 1 is 0.897 bits per heavy atom. The number of carboxylic acid groups (broad SMARTS) is 1. The van der Waals surface area contributed by atoms with E-state index in [0.717, 1.165) is 0 Å². The number of hydrogen-bond acceptors (Lipinski definition) is 7. The maximum Gasteiger partial charge on any atom is 0.326 e. The van der Waals surface area contributed by atoms with Crippen LogP contribution in [0.25, 0.3) is 0 Å². The van der Waals surface area contributed by atoms with E-state index in [1.807, 2.05) is 6.92 Å². The van der Waals surface area contributed by atoms with Crippen molar-refractivity contribution >= 4 is 35.6 Å². The number of primary amides is 1. The highest BCUT2D eigenvalue weighted by Crippen LogP contribution is 2.08. The van der Waals surface area contributed by atoms with Gasteiger partial charge in [0.2, 0.25) is 23.6 Å². The molecule has 5 atom stereocenters. The van der Waals surface area contributed by atoms with Gasteiger partial charge in [-0.1, -0.05) is 50.6 Å². The van der Waals surface area contributed by atoms with Crippen LogP contribution in [0.3, 0.4) is 0 Å². The molecule has 1 aromatic carbocycles. The average molecular weight is 549 g/mol. The molecule has 5 unspecified atom stereocenters. The number of nitrogens with one attached hydrogen (secondary N) is 3. The molecule has 0 spiro atoms. The zero-order valence-corrected chi connectivity index (χ0v) is 22.3. The van der Waals surface area contributed by atoms with E-state index in [2.05, 4.69) is 20.9 Å². The van der Waals surface area contributed by atoms with Gasteiger partial charge in [-0.25, -0.2) is 4.79 Å². The second kappa shape index (κ2) is 16.6. The van der Waals surface area contributed by atoms with Crippen LogP contribution in [0.5, 0.6) is 0 Å². The third kappa shape index (κ3) is 12.3. The first-order valence-corrected chi connectivity index (χ1v) is 12.6. The number of aliphatic carboxylic acids is 1. The van der Waals surface area contributed by atoms with Crippen molar-refractivity contribution in [1.29, 1.82) is 0 Å². The second-order valence-corrected chi connectivity index (χ2v) is 9.24. The smallest absolute Gasteiger partial charge is 0.326 e. The molecule has 0 saturated carbocycles. The molecular formula is C25H40N8O6. The lowest BCUT2D eigenvalue weighted by Crippen LogP contribution is -2.58. The molecule has 4 amide bonds. The van der Waals surface area contributed by atoms with Crippen LogP contribution in [0.15, 0.2) is 35.3 Å². The predicted molar refractivity (Wildman–Crippen MR) is 145 cm³/mol. The van der Waals surface area contributed by atoms with Gasteiger partial charge in [-0.3, -0.25) is 24.2 Å². The molecule has 216 valence electrons. The summed E-state index contributed by atoms with van der Waals surface area (Å²) in [5, 5.41) is 16.9. The van der Waals surface area contributed by atoms with Gasteiger partial charge in [-0.2, -0.15) is 0 Å². The van der Waals surface area contributed by atoms with Crippen molar-refractivity contribution in [3.8, 4) is 0 Å². The lowest BCUT2D eigenvalue weighted by atomic mass is 9.98. The predicted octanol–water partition coefficient (Wildman–Crippen LogP) is -1.93. The van der Waals surface area contributed by atoms with E-state index in [1.54, 1.807) is 37.3 Å². The lowest BCUT2D eigenvalue weighted by Gasteiger charge is -2.25. The fraction of sp³-hybridized carbons (Fsp3) is 0.520. The Morgan fingerprint density at radius 3 is 2.00 bits per heavy atom. The fourth-order valence-corrected chi connectivity index (χ4v) is 3.56. The Hall–Kier alpha value is -4.20. The van der Waals surface area contributed by atoms with Crippen molar-refractivity contribution in [2.24, 2.45) is 33.8 Å². The van der Waals surface area contributed by atoms with Gasteiger partial charge in [0.15, 0.2) is 5.96 Å². The largest absolute Gasteiger partial charge is 0.480 e. The minimum atomic E-state index is -1.49. The first-order valence-electron chi connectivity index (χ1n) is 12.6. The zero-order valence-electron chi connectivity index (χ0n) is 22.3. The third-order valence-corrected chi connectivity index (χ3v) is 6.07. The fourth-order valence-electron chi connectivity index (χ4n) is 3.56. The molecule has 0 fully saturated rings. The topological polar surface area (TPSA) is 258 Å². The average Bonchev–Trinajstić information content (AvgIpc) is 2.88. The van der Waals surface area contributed by atoms with Crippen LogP contribution in [0.1, 0.15) is 45.1 Å². The highest BCUT2D eigenvalue weighted by Gasteiger charge is 2.31. The number of rotatable bonds is 17. The molecule has 0 aromatic heterocycles. The van der Waals surface area contributed by atoms with Crippen molar-refractivity contribution in [3.63, 3.8) is 0 Å². The van der Waals surface area contributed by atoms with Crippen LogP contribution in [-0.2, 0) is 30.4 Å². The number of aliphatic imine (C=N–C) groups is 1. The maximum absolute atomic E-state index is 13.2. The molecule has 0 bridgehead atoms. The van der Waals surface area contributed by atoms with Crippen LogP contribution in [0.2, 0.25) is 0 Å². The van der Waals surface area contributed by atoms with Gasteiger partial charge in [0.05, 0.1) is 12.5 Å². The van der Waals surface area contributed by atoms with E-state index in [9.17, 15) is 29.1 Å². The van der Waals surface area contributed by atoms with Crippen molar-refractivity contribution in [1.82, 2.24) is 16.0 Å². The summed E-state index contributed by atoms with van der Waals surface area (Å²) in [5.74, 6) is -4.80. The van der Waals surface area contributed by atoms with Gasteiger partial charge in [-0.15, -0.1) is 0 Å². The van der Waals surface area contributed by atoms with E-state index in [4.69, 9.17) is 22.9 Å². The van der Waals surface area contributed by atoms with E-state index < -0.39 is 60.2 Å². The monoisotopic (exact) mass is 548 g/mol. The molecule has 0 aliphatic carbocycles. The summed E-state index contributed by atoms with van der Waals surface area (Å²) < 4.78 is 0. The Morgan fingerprint density at radius 2 is 1.46 bits per heavy atom. The van der Waals surface area contributed by atoms with Gasteiger partial charge < -0.3 is 44.0 Å². The lowest BCUT2D eigenvalue weighted by molar-refractivity contribution is -0.142. The number of carbonyl (C=O) groups excluding carboxylic acids is 4. The number of guanidine groups is 1. The van der Waals surface area contributed by atoms with Crippen LogP contribution < -0.4 is 38.9 Å². The first-order chi connectivity index (χ1) is 18.3. The summed E-state index contributed by atoms with van der Waals surface area (Å²) in [6, 6.07) is 3.74. The van der Waals surface area contributed by atoms with Crippen LogP contribution in [-0.4, -0.2) is 71.4 Å². The molecule has 12 N–H and O–H groups in total. The number of carboxylic acids is 1. The summed E-state index contributed by atoms with van der Waals surface area (Å²) in [6.45, 7) is 3.83. The Balaban J connectivity index is 3.07. The number of benzene rings is 1. The van der Waals surface area contributed by atoms with Gasteiger partial charge in [0.1, 0.15) is 18.1 Å². The zero-order chi connectivity index (χ0) is 29.5. The molecule has 0 heterocycles. The minimum Gasteiger partial charge on any atom is -0.480 e. The standard InChI is InChI=1S/C25H40N8O6/c1-3-14(2)20(27)23(37)31-16(10-7-11-30-25(28)29)21(35)32-17(13-19(26)34)22(36)33-18(24(38)39)12-15-8-5-4-6-9-15/h4-6,8-9,14,16-18,20H,3,7,10-13,27H2,1-2H3,(H2,26,34)(H,31,37)(H,32,35)(H,33,36)(H,38,39)(H4,28,29,30). The molecule has 14 nitrogen and oxygen atoms in total. The molecule has 39 heavy (non-hydrogen) atoms. The molecule has 0 radical (unpaired) electrons. The van der Waals surface area contributed by atoms with Crippen LogP contribution >= 0.6 is 0 Å². The highest BCUT2D eigenvalue weighted by atomic mass is 16.4. The van der Waals surface area contributed by atoms with Crippen molar-refractivity contribution in [2.75, 3.05) is 6.54 Å². The molecular weight excluding hydrogens is 508 g/mol. The number of hydrogen-bond donors (Lipinski definition) is 8. The number of carbonyl (C=O) groups is 5. The molecule has 0 aliphatic rings. The molecule has 1 rings (SSSR count). The summed E-state index contributed by atoms with van der Waals surface area (Å²) in [7, 11) is 0. The molecule has 14 heteroatoms. The van der Waals surface area contributed by atoms with Crippen molar-refractivity contribution in [3.05, 3.63) is 35.9 Å². The van der Waals surface area contributed by atoms with Crippen molar-refractivity contribution < 1.29 is 29.1 Å². The van der Waals surface area contributed by atoms with Crippen molar-refractivity contribution in [2.45, 2.75) is 70.1 Å². The van der Waals surface area contributed by atoms with Gasteiger partial charge >= 0.3 is 5.97 Å². The maximum atomic E-state index is 13.2. The van der Waals surface area contributed by atoms with E-state index in [0.29, 0.717) is 18.4 Å². The van der Waals surface area contributed by atoms with E-state index >= 15 is 0 Å². The molecule has 1 aromatic rings. The Kier molecular flexibility index (Phi) is 14.0. The first kappa shape index (κ1) is 32.8. The third-order valence-electron chi connectivity index (χ3n) is 6.07.